The number of ether oxygens (including phenoxy) is 1. The summed E-state index contributed by atoms with van der Waals surface area (Å²) in [6.07, 6.45) is 0.848. The van der Waals surface area contributed by atoms with Gasteiger partial charge >= 0.3 is 0 Å². The molecular formula is C11H14O4S. The minimum absolute atomic E-state index is 0.0701. The molecule has 0 spiro atoms. The van der Waals surface area contributed by atoms with Gasteiger partial charge in [0.1, 0.15) is 5.75 Å². The lowest BCUT2D eigenvalue weighted by molar-refractivity contribution is 0.286. The van der Waals surface area contributed by atoms with E-state index in [0.717, 1.165) is 12.2 Å². The van der Waals surface area contributed by atoms with Crippen LogP contribution in [0.3, 0.4) is 0 Å². The van der Waals surface area contributed by atoms with E-state index in [1.807, 2.05) is 18.2 Å². The molecule has 1 unspecified atom stereocenters. The molecule has 1 atom stereocenters. The second-order valence-corrected chi connectivity index (χ2v) is 5.39. The molecule has 1 aromatic rings. The number of hydrogen-bond acceptors (Lipinski definition) is 4. The summed E-state index contributed by atoms with van der Waals surface area (Å²) >= 11 is 0. The first-order chi connectivity index (χ1) is 7.66. The highest BCUT2D eigenvalue weighted by atomic mass is 32.2. The van der Waals surface area contributed by atoms with Crippen molar-refractivity contribution in [2.45, 2.75) is 18.3 Å². The van der Waals surface area contributed by atoms with Crippen LogP contribution in [0.2, 0.25) is 0 Å². The summed E-state index contributed by atoms with van der Waals surface area (Å²) in [5.41, 5.74) is 0.741. The third-order valence-electron chi connectivity index (χ3n) is 2.29. The molecule has 0 saturated carbocycles. The molecule has 16 heavy (non-hydrogen) atoms. The summed E-state index contributed by atoms with van der Waals surface area (Å²) in [5, 5.41) is 0. The van der Waals surface area contributed by atoms with Crippen LogP contribution in [-0.4, -0.2) is 27.7 Å². The maximum atomic E-state index is 11.5. The lowest BCUT2D eigenvalue weighted by Gasteiger charge is -2.04. The monoisotopic (exact) mass is 242 g/mol. The average molecular weight is 242 g/mol. The van der Waals surface area contributed by atoms with Crippen LogP contribution in [0, 0.1) is 0 Å². The predicted octanol–water partition coefficient (Wildman–Crippen LogP) is 1.32. The highest BCUT2D eigenvalue weighted by Crippen LogP contribution is 2.14. The van der Waals surface area contributed by atoms with Gasteiger partial charge in [-0.15, -0.1) is 0 Å². The number of benzene rings is 1. The Morgan fingerprint density at radius 2 is 2.00 bits per heavy atom. The Kier molecular flexibility index (Phi) is 3.58. The molecule has 1 aliphatic heterocycles. The van der Waals surface area contributed by atoms with Crippen LogP contribution in [0.4, 0.5) is 0 Å². The highest BCUT2D eigenvalue weighted by molar-refractivity contribution is 7.85. The summed E-state index contributed by atoms with van der Waals surface area (Å²) in [4.78, 5) is 0. The average Bonchev–Trinajstić information content (AvgIpc) is 3.02. The van der Waals surface area contributed by atoms with E-state index in [0.29, 0.717) is 6.42 Å². The highest BCUT2D eigenvalue weighted by Gasteiger charge is 2.23. The topological polar surface area (TPSA) is 55.9 Å². The van der Waals surface area contributed by atoms with Crippen molar-refractivity contribution in [2.75, 3.05) is 13.2 Å². The van der Waals surface area contributed by atoms with Gasteiger partial charge in [0.25, 0.3) is 10.1 Å². The summed E-state index contributed by atoms with van der Waals surface area (Å²) < 4.78 is 32.9. The minimum atomic E-state index is -3.46. The van der Waals surface area contributed by atoms with Crippen molar-refractivity contribution in [3.8, 4) is 0 Å². The van der Waals surface area contributed by atoms with Gasteiger partial charge in [-0.2, -0.15) is 8.42 Å². The van der Waals surface area contributed by atoms with Crippen molar-refractivity contribution in [1.29, 1.82) is 0 Å². The van der Waals surface area contributed by atoms with Crippen molar-refractivity contribution in [1.82, 2.24) is 0 Å². The summed E-state index contributed by atoms with van der Waals surface area (Å²) in [6.45, 7) is 0.932. The van der Waals surface area contributed by atoms with Crippen LogP contribution < -0.4 is 0 Å². The Bertz CT molecular complexity index is 423. The van der Waals surface area contributed by atoms with Crippen LogP contribution >= 0.6 is 0 Å². The second-order valence-electron chi connectivity index (χ2n) is 3.75. The van der Waals surface area contributed by atoms with E-state index in [1.165, 1.54) is 0 Å². The fraction of sp³-hybridized carbons (Fsp3) is 0.455. The maximum Gasteiger partial charge on any atom is 0.271 e. The zero-order chi connectivity index (χ0) is 11.4. The Hall–Kier alpha value is -0.910. The zero-order valence-corrected chi connectivity index (χ0v) is 9.65. The van der Waals surface area contributed by atoms with E-state index in [1.54, 1.807) is 12.1 Å². The number of epoxide rings is 1. The largest absolute Gasteiger partial charge is 0.373 e. The Labute approximate surface area is 95.3 Å². The second kappa shape index (κ2) is 4.95. The van der Waals surface area contributed by atoms with Crippen LogP contribution in [0.15, 0.2) is 30.3 Å². The first-order valence-corrected chi connectivity index (χ1v) is 6.76. The van der Waals surface area contributed by atoms with Gasteiger partial charge in [-0.05, 0) is 5.56 Å². The molecule has 1 aromatic carbocycles. The predicted molar refractivity (Wildman–Crippen MR) is 59.4 cm³/mol. The molecule has 1 aliphatic rings. The van der Waals surface area contributed by atoms with Crippen molar-refractivity contribution in [3.63, 3.8) is 0 Å². The quantitative estimate of drug-likeness (QED) is 0.557. The van der Waals surface area contributed by atoms with Crippen LogP contribution in [0.1, 0.15) is 12.0 Å². The molecule has 1 saturated heterocycles. The van der Waals surface area contributed by atoms with E-state index in [-0.39, 0.29) is 18.5 Å². The lowest BCUT2D eigenvalue weighted by Crippen LogP contribution is -2.11. The SMILES string of the molecule is O=S(=O)(Cc1ccccc1)OCCC1CO1. The third kappa shape index (κ3) is 3.92. The summed E-state index contributed by atoms with van der Waals surface area (Å²) in [7, 11) is -3.46. The van der Waals surface area contributed by atoms with Crippen molar-refractivity contribution in [3.05, 3.63) is 35.9 Å². The van der Waals surface area contributed by atoms with Gasteiger partial charge in [-0.1, -0.05) is 30.3 Å². The van der Waals surface area contributed by atoms with Gasteiger partial charge in [-0.3, -0.25) is 4.18 Å². The summed E-state index contributed by atoms with van der Waals surface area (Å²) in [6, 6.07) is 9.00. The van der Waals surface area contributed by atoms with Gasteiger partial charge in [0.05, 0.1) is 19.3 Å². The number of rotatable bonds is 6. The van der Waals surface area contributed by atoms with Gasteiger partial charge in [0, 0.05) is 6.42 Å². The van der Waals surface area contributed by atoms with Crippen molar-refractivity contribution >= 4 is 10.1 Å². The van der Waals surface area contributed by atoms with Gasteiger partial charge in [0.15, 0.2) is 0 Å². The van der Waals surface area contributed by atoms with Crippen molar-refractivity contribution < 1.29 is 17.3 Å². The lowest BCUT2D eigenvalue weighted by atomic mass is 10.2. The molecule has 5 heteroatoms. The van der Waals surface area contributed by atoms with Gasteiger partial charge < -0.3 is 4.74 Å². The molecule has 0 N–H and O–H groups in total. The molecule has 0 bridgehead atoms. The normalized spacial score (nSPS) is 19.6. The molecule has 4 nitrogen and oxygen atoms in total. The molecule has 1 heterocycles. The number of hydrogen-bond donors (Lipinski definition) is 0. The summed E-state index contributed by atoms with van der Waals surface area (Å²) in [5.74, 6) is -0.0701. The first kappa shape index (κ1) is 11.6. The Balaban J connectivity index is 1.82. The van der Waals surface area contributed by atoms with E-state index in [2.05, 4.69) is 0 Å². The zero-order valence-electron chi connectivity index (χ0n) is 8.83. The molecule has 0 amide bonds. The van der Waals surface area contributed by atoms with Gasteiger partial charge in [0.2, 0.25) is 0 Å². The third-order valence-corrected chi connectivity index (χ3v) is 3.50. The van der Waals surface area contributed by atoms with Gasteiger partial charge in [-0.25, -0.2) is 0 Å². The van der Waals surface area contributed by atoms with Crippen LogP contribution in [-0.2, 0) is 24.8 Å². The smallest absolute Gasteiger partial charge is 0.271 e. The van der Waals surface area contributed by atoms with E-state index in [9.17, 15) is 8.42 Å². The minimum Gasteiger partial charge on any atom is -0.373 e. The van der Waals surface area contributed by atoms with Crippen LogP contribution in [0.25, 0.3) is 0 Å². The van der Waals surface area contributed by atoms with E-state index in [4.69, 9.17) is 8.92 Å². The molecule has 0 aromatic heterocycles. The Morgan fingerprint density at radius 3 is 2.62 bits per heavy atom. The fourth-order valence-electron chi connectivity index (χ4n) is 1.36. The molecule has 88 valence electrons. The molecule has 0 radical (unpaired) electrons. The molecule has 1 fully saturated rings. The molecular weight excluding hydrogens is 228 g/mol. The standard InChI is InChI=1S/C11H14O4S/c12-16(13,15-7-6-11-8-14-11)9-10-4-2-1-3-5-10/h1-5,11H,6-9H2. The fourth-order valence-corrected chi connectivity index (χ4v) is 2.40. The van der Waals surface area contributed by atoms with Crippen molar-refractivity contribution in [2.24, 2.45) is 0 Å². The van der Waals surface area contributed by atoms with E-state index >= 15 is 0 Å². The molecule has 0 aliphatic carbocycles. The first-order valence-electron chi connectivity index (χ1n) is 5.18. The van der Waals surface area contributed by atoms with E-state index < -0.39 is 10.1 Å². The molecule has 2 rings (SSSR count). The maximum absolute atomic E-state index is 11.5. The Morgan fingerprint density at radius 1 is 1.31 bits per heavy atom. The van der Waals surface area contributed by atoms with Crippen LogP contribution in [0.5, 0.6) is 0 Å².